The van der Waals surface area contributed by atoms with E-state index in [1.54, 1.807) is 13.0 Å². The van der Waals surface area contributed by atoms with Gasteiger partial charge in [-0.2, -0.15) is 5.10 Å². The number of halogens is 1. The Balaban J connectivity index is 2.10. The van der Waals surface area contributed by atoms with Crippen molar-refractivity contribution < 1.29 is 28.6 Å². The molecule has 0 aliphatic rings. The maximum atomic E-state index is 11.8. The smallest absolute Gasteiger partial charge is 0.341 e. The van der Waals surface area contributed by atoms with Crippen LogP contribution in [0.25, 0.3) is 0 Å². The predicted molar refractivity (Wildman–Crippen MR) is 89.6 cm³/mol. The van der Waals surface area contributed by atoms with Crippen LogP contribution in [0.2, 0.25) is 5.02 Å². The zero-order chi connectivity index (χ0) is 18.4. The fourth-order valence-corrected chi connectivity index (χ4v) is 2.14. The van der Waals surface area contributed by atoms with Crippen molar-refractivity contribution in [3.8, 4) is 11.5 Å². The second-order valence-electron chi connectivity index (χ2n) is 4.83. The number of ether oxygens (including phenoxy) is 2. The number of carboxylic acid groups (broad SMARTS) is 1. The number of furan rings is 1. The summed E-state index contributed by atoms with van der Waals surface area (Å²) in [6.07, 6.45) is 1.35. The van der Waals surface area contributed by atoms with E-state index >= 15 is 0 Å². The Kier molecular flexibility index (Phi) is 6.02. The molecule has 0 spiro atoms. The van der Waals surface area contributed by atoms with E-state index < -0.39 is 18.5 Å². The Hall–Kier alpha value is -3.00. The molecule has 9 heteroatoms. The second-order valence-corrected chi connectivity index (χ2v) is 5.23. The van der Waals surface area contributed by atoms with Crippen molar-refractivity contribution in [2.75, 3.05) is 13.7 Å². The lowest BCUT2D eigenvalue weighted by atomic mass is 10.2. The summed E-state index contributed by atoms with van der Waals surface area (Å²) < 4.78 is 15.4. The van der Waals surface area contributed by atoms with Gasteiger partial charge in [0.05, 0.1) is 18.3 Å². The molecule has 0 fully saturated rings. The highest BCUT2D eigenvalue weighted by molar-refractivity contribution is 6.32. The van der Waals surface area contributed by atoms with Gasteiger partial charge in [0.2, 0.25) is 0 Å². The lowest BCUT2D eigenvalue weighted by Crippen LogP contribution is -2.16. The van der Waals surface area contributed by atoms with Crippen molar-refractivity contribution in [1.29, 1.82) is 0 Å². The van der Waals surface area contributed by atoms with Crippen molar-refractivity contribution in [1.82, 2.24) is 5.43 Å². The molecule has 1 heterocycles. The lowest BCUT2D eigenvalue weighted by Gasteiger charge is -2.11. The first-order chi connectivity index (χ1) is 11.9. The molecule has 2 aromatic rings. The SMILES string of the molecule is COc1cc(/C=N\NC(=O)c2ccc(C)o2)cc(Cl)c1OCC(=O)O. The Labute approximate surface area is 148 Å². The maximum absolute atomic E-state index is 11.8. The molecule has 132 valence electrons. The molecule has 25 heavy (non-hydrogen) atoms. The Bertz CT molecular complexity index is 815. The van der Waals surface area contributed by atoms with Gasteiger partial charge >= 0.3 is 11.9 Å². The van der Waals surface area contributed by atoms with E-state index in [0.717, 1.165) is 0 Å². The predicted octanol–water partition coefficient (Wildman–Crippen LogP) is 2.48. The van der Waals surface area contributed by atoms with Crippen LogP contribution >= 0.6 is 11.6 Å². The summed E-state index contributed by atoms with van der Waals surface area (Å²) in [7, 11) is 1.39. The lowest BCUT2D eigenvalue weighted by molar-refractivity contribution is -0.139. The zero-order valence-electron chi connectivity index (χ0n) is 13.4. The van der Waals surface area contributed by atoms with Crippen LogP contribution in [0.1, 0.15) is 21.9 Å². The largest absolute Gasteiger partial charge is 0.493 e. The molecule has 0 aliphatic heterocycles. The van der Waals surface area contributed by atoms with Gasteiger partial charge in [-0.25, -0.2) is 10.2 Å². The van der Waals surface area contributed by atoms with Crippen LogP contribution in [0.4, 0.5) is 0 Å². The third-order valence-corrected chi connectivity index (χ3v) is 3.22. The Morgan fingerprint density at radius 2 is 2.16 bits per heavy atom. The van der Waals surface area contributed by atoms with Gasteiger partial charge in [-0.3, -0.25) is 4.79 Å². The molecule has 0 atom stereocenters. The highest BCUT2D eigenvalue weighted by Gasteiger charge is 2.13. The van der Waals surface area contributed by atoms with Crippen LogP contribution in [-0.2, 0) is 4.79 Å². The number of aryl methyl sites for hydroxylation is 1. The van der Waals surface area contributed by atoms with Crippen molar-refractivity contribution in [3.05, 3.63) is 46.4 Å². The molecule has 1 aromatic heterocycles. The minimum atomic E-state index is -1.14. The molecule has 2 rings (SSSR count). The number of aliphatic carboxylic acids is 1. The zero-order valence-corrected chi connectivity index (χ0v) is 14.2. The van der Waals surface area contributed by atoms with Crippen LogP contribution in [0, 0.1) is 6.92 Å². The number of methoxy groups -OCH3 is 1. The number of hydrazone groups is 1. The number of carbonyl (C=O) groups is 2. The number of nitrogens with one attached hydrogen (secondary N) is 1. The number of rotatable bonds is 7. The molecule has 0 saturated heterocycles. The van der Waals surface area contributed by atoms with Crippen molar-refractivity contribution in [2.24, 2.45) is 5.10 Å². The fourth-order valence-electron chi connectivity index (χ4n) is 1.87. The first-order valence-electron chi connectivity index (χ1n) is 7.02. The summed E-state index contributed by atoms with van der Waals surface area (Å²) in [5, 5.41) is 12.6. The summed E-state index contributed by atoms with van der Waals surface area (Å²) >= 11 is 6.07. The molecule has 1 amide bonds. The van der Waals surface area contributed by atoms with Crippen LogP contribution in [-0.4, -0.2) is 36.9 Å². The summed E-state index contributed by atoms with van der Waals surface area (Å²) in [5.41, 5.74) is 2.83. The number of hydrogen-bond acceptors (Lipinski definition) is 6. The van der Waals surface area contributed by atoms with Gasteiger partial charge in [-0.05, 0) is 36.8 Å². The van der Waals surface area contributed by atoms with E-state index in [4.69, 9.17) is 30.6 Å². The van der Waals surface area contributed by atoms with Crippen molar-refractivity contribution in [2.45, 2.75) is 6.92 Å². The quantitative estimate of drug-likeness (QED) is 0.575. The molecule has 8 nitrogen and oxygen atoms in total. The number of nitrogens with zero attached hydrogens (tertiary/aromatic N) is 1. The van der Waals surface area contributed by atoms with Gasteiger partial charge in [-0.1, -0.05) is 11.6 Å². The van der Waals surface area contributed by atoms with Gasteiger partial charge in [0.25, 0.3) is 0 Å². The van der Waals surface area contributed by atoms with Crippen LogP contribution in [0.15, 0.2) is 33.8 Å². The summed E-state index contributed by atoms with van der Waals surface area (Å²) in [4.78, 5) is 22.4. The first kappa shape index (κ1) is 18.3. The third-order valence-electron chi connectivity index (χ3n) is 2.94. The number of benzene rings is 1. The van der Waals surface area contributed by atoms with Crippen LogP contribution in [0.3, 0.4) is 0 Å². The van der Waals surface area contributed by atoms with Gasteiger partial charge in [0.1, 0.15) is 5.76 Å². The molecule has 0 radical (unpaired) electrons. The number of carbonyl (C=O) groups excluding carboxylic acids is 1. The van der Waals surface area contributed by atoms with Gasteiger partial charge < -0.3 is 19.0 Å². The number of amides is 1. The van der Waals surface area contributed by atoms with E-state index in [2.05, 4.69) is 10.5 Å². The maximum Gasteiger partial charge on any atom is 0.341 e. The highest BCUT2D eigenvalue weighted by atomic mass is 35.5. The highest BCUT2D eigenvalue weighted by Crippen LogP contribution is 2.36. The summed E-state index contributed by atoms with van der Waals surface area (Å²) in [6, 6.07) is 6.23. The van der Waals surface area contributed by atoms with Crippen LogP contribution < -0.4 is 14.9 Å². The fraction of sp³-hybridized carbons (Fsp3) is 0.188. The molecule has 0 aliphatic carbocycles. The standard InChI is InChI=1S/C16H15ClN2O6/c1-9-3-4-12(25-9)16(22)19-18-7-10-5-11(17)15(13(6-10)23-2)24-8-14(20)21/h3-7H,8H2,1-2H3,(H,19,22)(H,20,21)/b18-7-. The molecule has 0 bridgehead atoms. The molecular formula is C16H15ClN2O6. The van der Waals surface area contributed by atoms with Gasteiger partial charge in [0, 0.05) is 0 Å². The molecular weight excluding hydrogens is 352 g/mol. The van der Waals surface area contributed by atoms with E-state index in [0.29, 0.717) is 11.3 Å². The molecule has 0 unspecified atom stereocenters. The van der Waals surface area contributed by atoms with Gasteiger partial charge in [-0.15, -0.1) is 0 Å². The minimum Gasteiger partial charge on any atom is -0.493 e. The van der Waals surface area contributed by atoms with Crippen LogP contribution in [0.5, 0.6) is 11.5 Å². The van der Waals surface area contributed by atoms with Crippen molar-refractivity contribution in [3.63, 3.8) is 0 Å². The second kappa shape index (κ2) is 8.20. The Morgan fingerprint density at radius 1 is 1.40 bits per heavy atom. The molecule has 2 N–H and O–H groups in total. The summed E-state index contributed by atoms with van der Waals surface area (Å²) in [5.74, 6) is -0.532. The average Bonchev–Trinajstić information content (AvgIpc) is 2.99. The molecule has 1 aromatic carbocycles. The normalized spacial score (nSPS) is 10.7. The average molecular weight is 367 g/mol. The van der Waals surface area contributed by atoms with E-state index in [1.807, 2.05) is 0 Å². The topological polar surface area (TPSA) is 110 Å². The third kappa shape index (κ3) is 4.98. The van der Waals surface area contributed by atoms with E-state index in [1.165, 1.54) is 31.5 Å². The number of carboxylic acids is 1. The van der Waals surface area contributed by atoms with E-state index in [-0.39, 0.29) is 22.3 Å². The molecule has 0 saturated carbocycles. The van der Waals surface area contributed by atoms with Crippen molar-refractivity contribution >= 4 is 29.7 Å². The number of hydrogen-bond donors (Lipinski definition) is 2. The Morgan fingerprint density at radius 3 is 2.76 bits per heavy atom. The van der Waals surface area contributed by atoms with E-state index in [9.17, 15) is 9.59 Å². The monoisotopic (exact) mass is 366 g/mol. The first-order valence-corrected chi connectivity index (χ1v) is 7.40. The van der Waals surface area contributed by atoms with Gasteiger partial charge in [0.15, 0.2) is 23.9 Å². The summed E-state index contributed by atoms with van der Waals surface area (Å²) in [6.45, 7) is 1.17. The minimum absolute atomic E-state index is 0.110.